The van der Waals surface area contributed by atoms with E-state index >= 15 is 0 Å². The highest BCUT2D eigenvalue weighted by atomic mass is 19.1. The summed E-state index contributed by atoms with van der Waals surface area (Å²) < 4.78 is 23.9. The lowest BCUT2D eigenvalue weighted by molar-refractivity contribution is 0.0955. The number of methoxy groups -OCH3 is 2. The predicted molar refractivity (Wildman–Crippen MR) is 135 cm³/mol. The number of carbonyl (C=O) groups excluding carboxylic acids is 1. The zero-order valence-corrected chi connectivity index (χ0v) is 19.9. The molecule has 8 heteroatoms. The minimum atomic E-state index is -0.295. The predicted octanol–water partition coefficient (Wildman–Crippen LogP) is 3.93. The molecule has 0 atom stereocenters. The molecule has 1 saturated heterocycles. The lowest BCUT2D eigenvalue weighted by Crippen LogP contribution is -2.46. The average Bonchev–Trinajstić information content (AvgIpc) is 2.90. The molecule has 4 rings (SSSR count). The number of benzene rings is 3. The van der Waals surface area contributed by atoms with Crippen LogP contribution in [0.5, 0.6) is 11.5 Å². The molecule has 0 radical (unpaired) electrons. The smallest absolute Gasteiger partial charge is 0.271 e. The molecule has 3 aromatic rings. The van der Waals surface area contributed by atoms with Gasteiger partial charge >= 0.3 is 0 Å². The van der Waals surface area contributed by atoms with Crippen molar-refractivity contribution >= 4 is 17.8 Å². The lowest BCUT2D eigenvalue weighted by atomic mass is 10.1. The molecule has 182 valence electrons. The maximum atomic E-state index is 13.2. The van der Waals surface area contributed by atoms with Gasteiger partial charge in [0.1, 0.15) is 17.3 Å². The van der Waals surface area contributed by atoms with E-state index in [1.54, 1.807) is 44.7 Å². The van der Waals surface area contributed by atoms with E-state index in [-0.39, 0.29) is 11.7 Å². The quantitative estimate of drug-likeness (QED) is 0.394. The van der Waals surface area contributed by atoms with E-state index in [1.165, 1.54) is 12.1 Å². The van der Waals surface area contributed by atoms with Crippen LogP contribution in [0, 0.1) is 5.82 Å². The van der Waals surface area contributed by atoms with Gasteiger partial charge < -0.3 is 14.4 Å². The standard InChI is InChI=1S/C27H29FN4O3/c1-34-25-10-4-21(5-11-25)27(33)30-29-18-20-3-12-26(35-2)22(17-20)19-31-13-15-32(16-14-31)24-8-6-23(28)7-9-24/h3-12,17-18H,13-16,19H2,1-2H3,(H,30,33)/b29-18+. The van der Waals surface area contributed by atoms with Crippen LogP contribution in [0.2, 0.25) is 0 Å². The number of ether oxygens (including phenoxy) is 2. The van der Waals surface area contributed by atoms with Crippen molar-refractivity contribution in [2.75, 3.05) is 45.3 Å². The van der Waals surface area contributed by atoms with E-state index < -0.39 is 0 Å². The van der Waals surface area contributed by atoms with Crippen LogP contribution in [-0.4, -0.2) is 57.4 Å². The van der Waals surface area contributed by atoms with Crippen molar-refractivity contribution in [1.82, 2.24) is 10.3 Å². The Balaban J connectivity index is 1.35. The molecule has 7 nitrogen and oxygen atoms in total. The molecule has 0 aromatic heterocycles. The van der Waals surface area contributed by atoms with Gasteiger partial charge in [-0.25, -0.2) is 9.82 Å². The zero-order chi connectivity index (χ0) is 24.6. The largest absolute Gasteiger partial charge is 0.497 e. The summed E-state index contributed by atoms with van der Waals surface area (Å²) in [6.07, 6.45) is 1.62. The number of amides is 1. The van der Waals surface area contributed by atoms with Gasteiger partial charge in [0.15, 0.2) is 0 Å². The van der Waals surface area contributed by atoms with E-state index in [0.29, 0.717) is 11.3 Å². The van der Waals surface area contributed by atoms with Crippen LogP contribution < -0.4 is 19.8 Å². The van der Waals surface area contributed by atoms with E-state index in [2.05, 4.69) is 20.3 Å². The molecular formula is C27H29FN4O3. The number of rotatable bonds is 8. The second-order valence-corrected chi connectivity index (χ2v) is 8.24. The normalized spacial score (nSPS) is 14.2. The van der Waals surface area contributed by atoms with Crippen molar-refractivity contribution in [3.63, 3.8) is 0 Å². The van der Waals surface area contributed by atoms with Crippen molar-refractivity contribution in [2.45, 2.75) is 6.54 Å². The van der Waals surface area contributed by atoms with Gasteiger partial charge in [-0.05, 0) is 72.3 Å². The number of nitrogens with zero attached hydrogens (tertiary/aromatic N) is 3. The minimum absolute atomic E-state index is 0.219. The summed E-state index contributed by atoms with van der Waals surface area (Å²) in [6, 6.07) is 19.3. The third-order valence-corrected chi connectivity index (χ3v) is 5.99. The van der Waals surface area contributed by atoms with Gasteiger partial charge in [-0.1, -0.05) is 0 Å². The molecule has 1 fully saturated rings. The van der Waals surface area contributed by atoms with E-state index in [1.807, 2.05) is 30.3 Å². The fraction of sp³-hybridized carbons (Fsp3) is 0.259. The molecular weight excluding hydrogens is 447 g/mol. The van der Waals surface area contributed by atoms with E-state index in [4.69, 9.17) is 9.47 Å². The van der Waals surface area contributed by atoms with E-state index in [9.17, 15) is 9.18 Å². The van der Waals surface area contributed by atoms with Crippen LogP contribution in [0.3, 0.4) is 0 Å². The fourth-order valence-electron chi connectivity index (χ4n) is 4.03. The Labute approximate surface area is 204 Å². The maximum Gasteiger partial charge on any atom is 0.271 e. The molecule has 1 aliphatic heterocycles. The number of piperazine rings is 1. The molecule has 1 heterocycles. The summed E-state index contributed by atoms with van der Waals surface area (Å²) in [5, 5.41) is 4.11. The third-order valence-electron chi connectivity index (χ3n) is 5.99. The molecule has 0 spiro atoms. The molecule has 1 aliphatic rings. The van der Waals surface area contributed by atoms with Gasteiger partial charge in [0.05, 0.1) is 20.4 Å². The summed E-state index contributed by atoms with van der Waals surface area (Å²) in [4.78, 5) is 16.9. The van der Waals surface area contributed by atoms with Crippen LogP contribution in [0.25, 0.3) is 0 Å². The van der Waals surface area contributed by atoms with Gasteiger partial charge in [-0.15, -0.1) is 0 Å². The summed E-state index contributed by atoms with van der Waals surface area (Å²) in [5.41, 5.74) is 6.01. The topological polar surface area (TPSA) is 66.4 Å². The van der Waals surface area contributed by atoms with Gasteiger partial charge in [0.25, 0.3) is 5.91 Å². The monoisotopic (exact) mass is 476 g/mol. The summed E-state index contributed by atoms with van der Waals surface area (Å²) in [6.45, 7) is 4.24. The Hall–Kier alpha value is -3.91. The summed E-state index contributed by atoms with van der Waals surface area (Å²) >= 11 is 0. The van der Waals surface area contributed by atoms with Crippen LogP contribution in [0.15, 0.2) is 71.8 Å². The SMILES string of the molecule is COc1ccc(C(=O)N/N=C/c2ccc(OC)c(CN3CCN(c4ccc(F)cc4)CC3)c2)cc1. The first-order valence-corrected chi connectivity index (χ1v) is 11.4. The first-order chi connectivity index (χ1) is 17.1. The second-order valence-electron chi connectivity index (χ2n) is 8.24. The highest BCUT2D eigenvalue weighted by Gasteiger charge is 2.19. The van der Waals surface area contributed by atoms with Crippen LogP contribution in [0.4, 0.5) is 10.1 Å². The third kappa shape index (κ3) is 6.36. The molecule has 3 aromatic carbocycles. The molecule has 1 amide bonds. The Morgan fingerprint density at radius 2 is 1.69 bits per heavy atom. The number of carbonyl (C=O) groups is 1. The first-order valence-electron chi connectivity index (χ1n) is 11.4. The fourth-order valence-corrected chi connectivity index (χ4v) is 4.03. The zero-order valence-electron chi connectivity index (χ0n) is 19.9. The number of nitrogens with one attached hydrogen (secondary N) is 1. The van der Waals surface area contributed by atoms with Gasteiger partial charge in [0.2, 0.25) is 0 Å². The van der Waals surface area contributed by atoms with Crippen LogP contribution >= 0.6 is 0 Å². The Kier molecular flexibility index (Phi) is 7.95. The highest BCUT2D eigenvalue weighted by Crippen LogP contribution is 2.23. The summed E-state index contributed by atoms with van der Waals surface area (Å²) in [5.74, 6) is 0.984. The maximum absolute atomic E-state index is 13.2. The van der Waals surface area contributed by atoms with Crippen LogP contribution in [0.1, 0.15) is 21.5 Å². The molecule has 0 aliphatic carbocycles. The number of hydrazone groups is 1. The highest BCUT2D eigenvalue weighted by molar-refractivity contribution is 5.95. The first kappa shape index (κ1) is 24.2. The van der Waals surface area contributed by atoms with Crippen molar-refractivity contribution in [2.24, 2.45) is 5.10 Å². The number of halogens is 1. The van der Waals surface area contributed by atoms with E-state index in [0.717, 1.165) is 55.3 Å². The van der Waals surface area contributed by atoms with Crippen molar-refractivity contribution in [1.29, 1.82) is 0 Å². The minimum Gasteiger partial charge on any atom is -0.497 e. The number of hydrogen-bond donors (Lipinski definition) is 1. The number of anilines is 1. The molecule has 0 saturated carbocycles. The molecule has 0 bridgehead atoms. The summed E-state index contributed by atoms with van der Waals surface area (Å²) in [7, 11) is 3.24. The molecule has 35 heavy (non-hydrogen) atoms. The Morgan fingerprint density at radius 3 is 2.34 bits per heavy atom. The number of hydrogen-bond acceptors (Lipinski definition) is 6. The van der Waals surface area contributed by atoms with Crippen molar-refractivity contribution < 1.29 is 18.7 Å². The van der Waals surface area contributed by atoms with Crippen LogP contribution in [-0.2, 0) is 6.54 Å². The average molecular weight is 477 g/mol. The van der Waals surface area contributed by atoms with Crippen molar-refractivity contribution in [3.05, 3.63) is 89.2 Å². The van der Waals surface area contributed by atoms with Gasteiger partial charge in [0, 0.05) is 49.5 Å². The second kappa shape index (κ2) is 11.5. The van der Waals surface area contributed by atoms with Gasteiger partial charge in [-0.2, -0.15) is 5.10 Å². The Bertz CT molecular complexity index is 1160. The molecule has 1 N–H and O–H groups in total. The molecule has 0 unspecified atom stereocenters. The van der Waals surface area contributed by atoms with Gasteiger partial charge in [-0.3, -0.25) is 9.69 Å². The Morgan fingerprint density at radius 1 is 0.971 bits per heavy atom. The lowest BCUT2D eigenvalue weighted by Gasteiger charge is -2.36. The van der Waals surface area contributed by atoms with Crippen molar-refractivity contribution in [3.8, 4) is 11.5 Å².